The van der Waals surface area contributed by atoms with Gasteiger partial charge in [-0.25, -0.2) is 9.97 Å². The van der Waals surface area contributed by atoms with Gasteiger partial charge in [-0.15, -0.1) is 0 Å². The Morgan fingerprint density at radius 2 is 2.12 bits per heavy atom. The molecule has 2 N–H and O–H groups in total. The van der Waals surface area contributed by atoms with Crippen LogP contribution in [0.3, 0.4) is 0 Å². The van der Waals surface area contributed by atoms with Gasteiger partial charge in [-0.1, -0.05) is 32.4 Å². The minimum atomic E-state index is -0.744. The highest BCUT2D eigenvalue weighted by atomic mass is 35.5. The van der Waals surface area contributed by atoms with Crippen LogP contribution in [0.15, 0.2) is 6.33 Å². The number of anilines is 1. The maximum atomic E-state index is 9.94. The Hall–Kier alpha value is -0.870. The highest BCUT2D eigenvalue weighted by molar-refractivity contribution is 6.30. The Morgan fingerprint density at radius 1 is 1.47 bits per heavy atom. The summed E-state index contributed by atoms with van der Waals surface area (Å²) in [4.78, 5) is 8.16. The predicted octanol–water partition coefficient (Wildman–Crippen LogP) is 2.83. The second-order valence-corrected chi connectivity index (χ2v) is 5.14. The Balaban J connectivity index is 2.88. The minimum Gasteiger partial charge on any atom is -0.388 e. The Morgan fingerprint density at radius 3 is 2.65 bits per heavy atom. The molecule has 0 fully saturated rings. The number of nitrogens with one attached hydrogen (secondary N) is 1. The lowest BCUT2D eigenvalue weighted by molar-refractivity contribution is 0.0696. The first-order chi connectivity index (χ1) is 7.87. The molecule has 1 aromatic heterocycles. The molecule has 0 aliphatic rings. The average molecular weight is 258 g/mol. The third-order valence-electron chi connectivity index (χ3n) is 2.81. The van der Waals surface area contributed by atoms with Crippen molar-refractivity contribution < 1.29 is 5.11 Å². The monoisotopic (exact) mass is 257 g/mol. The highest BCUT2D eigenvalue weighted by Crippen LogP contribution is 2.28. The number of hydrogen-bond acceptors (Lipinski definition) is 4. The normalized spacial score (nSPS) is 14.8. The molecule has 0 spiro atoms. The van der Waals surface area contributed by atoms with E-state index in [2.05, 4.69) is 15.3 Å². The summed E-state index contributed by atoms with van der Waals surface area (Å²) in [5.41, 5.74) is 0.146. The molecule has 96 valence electrons. The summed E-state index contributed by atoms with van der Waals surface area (Å²) in [6, 6.07) is 0. The summed E-state index contributed by atoms with van der Waals surface area (Å²) < 4.78 is 0. The quantitative estimate of drug-likeness (QED) is 0.797. The van der Waals surface area contributed by atoms with Crippen LogP contribution in [0, 0.1) is 0 Å². The third-order valence-corrected chi connectivity index (χ3v) is 3.11. The van der Waals surface area contributed by atoms with Gasteiger partial charge < -0.3 is 10.4 Å². The lowest BCUT2D eigenvalue weighted by Gasteiger charge is -2.23. The second-order valence-electron chi connectivity index (χ2n) is 4.79. The van der Waals surface area contributed by atoms with Crippen LogP contribution < -0.4 is 5.32 Å². The fraction of sp³-hybridized carbons (Fsp3) is 0.667. The fourth-order valence-corrected chi connectivity index (χ4v) is 1.78. The molecule has 4 nitrogen and oxygen atoms in total. The third kappa shape index (κ3) is 3.82. The molecule has 0 aromatic carbocycles. The topological polar surface area (TPSA) is 58.0 Å². The molecule has 1 heterocycles. The molecular weight excluding hydrogens is 238 g/mol. The van der Waals surface area contributed by atoms with Gasteiger partial charge in [-0.3, -0.25) is 0 Å². The first kappa shape index (κ1) is 14.2. The van der Waals surface area contributed by atoms with E-state index in [4.69, 9.17) is 11.6 Å². The van der Waals surface area contributed by atoms with Crippen LogP contribution in [0.1, 0.15) is 45.6 Å². The van der Waals surface area contributed by atoms with E-state index in [0.717, 1.165) is 5.56 Å². The molecule has 1 atom stereocenters. The molecule has 0 radical (unpaired) electrons. The average Bonchev–Trinajstić information content (AvgIpc) is 2.26. The summed E-state index contributed by atoms with van der Waals surface area (Å²) in [5.74, 6) is 0.937. The van der Waals surface area contributed by atoms with Gasteiger partial charge in [0.25, 0.3) is 0 Å². The standard InChI is InChI=1S/C12H20ClN3O/c1-5-12(4,17)6-14-11-9(8(2)3)10(13)15-7-16-11/h7-8,17H,5-6H2,1-4H3,(H,14,15,16). The van der Waals surface area contributed by atoms with Crippen molar-refractivity contribution >= 4 is 17.4 Å². The first-order valence-electron chi connectivity index (χ1n) is 5.84. The Bertz CT molecular complexity index is 380. The van der Waals surface area contributed by atoms with Gasteiger partial charge in [0.15, 0.2) is 0 Å². The van der Waals surface area contributed by atoms with Crippen molar-refractivity contribution in [3.8, 4) is 0 Å². The number of halogens is 1. The molecule has 5 heteroatoms. The van der Waals surface area contributed by atoms with Crippen molar-refractivity contribution in [3.63, 3.8) is 0 Å². The van der Waals surface area contributed by atoms with E-state index in [1.54, 1.807) is 6.92 Å². The van der Waals surface area contributed by atoms with Crippen molar-refractivity contribution in [3.05, 3.63) is 17.0 Å². The van der Waals surface area contributed by atoms with Gasteiger partial charge in [0.05, 0.1) is 5.60 Å². The van der Waals surface area contributed by atoms with E-state index in [-0.39, 0.29) is 5.92 Å². The summed E-state index contributed by atoms with van der Waals surface area (Å²) in [7, 11) is 0. The van der Waals surface area contributed by atoms with E-state index in [9.17, 15) is 5.11 Å². The predicted molar refractivity (Wildman–Crippen MR) is 70.5 cm³/mol. The Kier molecular flexibility index (Phi) is 4.71. The molecule has 0 aliphatic heterocycles. The molecule has 1 aromatic rings. The minimum absolute atomic E-state index is 0.234. The zero-order chi connectivity index (χ0) is 13.1. The van der Waals surface area contributed by atoms with E-state index in [1.165, 1.54) is 6.33 Å². The molecule has 0 amide bonds. The smallest absolute Gasteiger partial charge is 0.138 e. The molecule has 0 aliphatic carbocycles. The molecule has 0 bridgehead atoms. The first-order valence-corrected chi connectivity index (χ1v) is 6.22. The molecule has 17 heavy (non-hydrogen) atoms. The van der Waals surface area contributed by atoms with Crippen molar-refractivity contribution in [1.82, 2.24) is 9.97 Å². The second kappa shape index (κ2) is 5.65. The number of aliphatic hydroxyl groups is 1. The largest absolute Gasteiger partial charge is 0.388 e. The number of rotatable bonds is 5. The van der Waals surface area contributed by atoms with Gasteiger partial charge in [-0.05, 0) is 19.3 Å². The van der Waals surface area contributed by atoms with Crippen LogP contribution in [0.4, 0.5) is 5.82 Å². The fourth-order valence-electron chi connectivity index (χ4n) is 1.43. The van der Waals surface area contributed by atoms with Crippen LogP contribution in [0.2, 0.25) is 5.15 Å². The molecule has 1 rings (SSSR count). The van der Waals surface area contributed by atoms with E-state index >= 15 is 0 Å². The van der Waals surface area contributed by atoms with Crippen molar-refractivity contribution in [1.29, 1.82) is 0 Å². The van der Waals surface area contributed by atoms with Gasteiger partial charge >= 0.3 is 0 Å². The van der Waals surface area contributed by atoms with Crippen molar-refractivity contribution in [2.75, 3.05) is 11.9 Å². The maximum absolute atomic E-state index is 9.94. The van der Waals surface area contributed by atoms with Gasteiger partial charge in [0.1, 0.15) is 17.3 Å². The van der Waals surface area contributed by atoms with Crippen molar-refractivity contribution in [2.24, 2.45) is 0 Å². The van der Waals surface area contributed by atoms with Gasteiger partial charge in [-0.2, -0.15) is 0 Å². The molecule has 0 saturated heterocycles. The molecule has 1 unspecified atom stereocenters. The number of hydrogen-bond donors (Lipinski definition) is 2. The summed E-state index contributed by atoms with van der Waals surface area (Å²) >= 11 is 6.05. The zero-order valence-corrected chi connectivity index (χ0v) is 11.5. The van der Waals surface area contributed by atoms with E-state index in [0.29, 0.717) is 23.9 Å². The van der Waals surface area contributed by atoms with Crippen LogP contribution in [-0.4, -0.2) is 27.2 Å². The van der Waals surface area contributed by atoms with Crippen LogP contribution in [0.25, 0.3) is 0 Å². The lowest BCUT2D eigenvalue weighted by atomic mass is 10.0. The summed E-state index contributed by atoms with van der Waals surface area (Å²) in [6.45, 7) is 8.24. The van der Waals surface area contributed by atoms with Crippen LogP contribution >= 0.6 is 11.6 Å². The highest BCUT2D eigenvalue weighted by Gasteiger charge is 2.19. The van der Waals surface area contributed by atoms with E-state index < -0.39 is 5.60 Å². The van der Waals surface area contributed by atoms with Crippen LogP contribution in [0.5, 0.6) is 0 Å². The summed E-state index contributed by atoms with van der Waals surface area (Å²) in [6.07, 6.45) is 2.10. The van der Waals surface area contributed by atoms with Gasteiger partial charge in [0.2, 0.25) is 0 Å². The molecule has 0 saturated carbocycles. The zero-order valence-electron chi connectivity index (χ0n) is 10.8. The Labute approximate surface area is 107 Å². The van der Waals surface area contributed by atoms with Crippen LogP contribution in [-0.2, 0) is 0 Å². The number of aromatic nitrogens is 2. The SMILES string of the molecule is CCC(C)(O)CNc1ncnc(Cl)c1C(C)C. The maximum Gasteiger partial charge on any atom is 0.138 e. The summed E-state index contributed by atoms with van der Waals surface area (Å²) in [5, 5.41) is 13.6. The number of nitrogens with zero attached hydrogens (tertiary/aromatic N) is 2. The lowest BCUT2D eigenvalue weighted by Crippen LogP contribution is -2.33. The van der Waals surface area contributed by atoms with Crippen molar-refractivity contribution in [2.45, 2.75) is 45.6 Å². The van der Waals surface area contributed by atoms with E-state index in [1.807, 2.05) is 20.8 Å². The molecular formula is C12H20ClN3O. The van der Waals surface area contributed by atoms with Gasteiger partial charge in [0, 0.05) is 12.1 Å².